The average molecular weight is 494 g/mol. The predicted octanol–water partition coefficient (Wildman–Crippen LogP) is 4.10. The van der Waals surface area contributed by atoms with Crippen molar-refractivity contribution in [3.05, 3.63) is 29.2 Å². The molecule has 0 aliphatic heterocycles. The summed E-state index contributed by atoms with van der Waals surface area (Å²) in [5.74, 6) is 0.328. The molecular weight excluding hydrogens is 466 g/mol. The van der Waals surface area contributed by atoms with Crippen LogP contribution in [0.2, 0.25) is 0 Å². The van der Waals surface area contributed by atoms with Gasteiger partial charge in [-0.3, -0.25) is 4.79 Å². The highest BCUT2D eigenvalue weighted by Crippen LogP contribution is 2.40. The summed E-state index contributed by atoms with van der Waals surface area (Å²) in [5, 5.41) is 1.46. The third-order valence-electron chi connectivity index (χ3n) is 6.62. The Labute approximate surface area is 205 Å². The van der Waals surface area contributed by atoms with Crippen molar-refractivity contribution in [1.29, 1.82) is 0 Å². The van der Waals surface area contributed by atoms with Crippen LogP contribution in [0.1, 0.15) is 59.7 Å². The first-order valence-corrected chi connectivity index (χ1v) is 12.9. The molecule has 4 aromatic rings. The molecule has 4 aromatic heterocycles. The second-order valence-corrected chi connectivity index (χ2v) is 10.0. The molecule has 0 saturated heterocycles. The van der Waals surface area contributed by atoms with Gasteiger partial charge < -0.3 is 24.1 Å². The van der Waals surface area contributed by atoms with Gasteiger partial charge in [0.2, 0.25) is 0 Å². The van der Waals surface area contributed by atoms with Crippen LogP contribution in [0.5, 0.6) is 0 Å². The van der Waals surface area contributed by atoms with E-state index < -0.39 is 5.97 Å². The number of aryl methyl sites for hydroxylation is 1. The van der Waals surface area contributed by atoms with Crippen LogP contribution in [0.25, 0.3) is 22.1 Å². The van der Waals surface area contributed by atoms with Crippen molar-refractivity contribution in [3.63, 3.8) is 0 Å². The molecule has 2 aliphatic rings. The highest BCUT2D eigenvalue weighted by Gasteiger charge is 2.43. The first kappa shape index (κ1) is 22.0. The first-order valence-electron chi connectivity index (χ1n) is 12.1. The van der Waals surface area contributed by atoms with Crippen molar-refractivity contribution in [2.24, 2.45) is 0 Å². The summed E-state index contributed by atoms with van der Waals surface area (Å²) in [6, 6.07) is 2.69. The van der Waals surface area contributed by atoms with Gasteiger partial charge in [-0.25, -0.2) is 19.7 Å². The summed E-state index contributed by atoms with van der Waals surface area (Å²) < 4.78 is 7.09. The number of imidazole rings is 1. The molecule has 35 heavy (non-hydrogen) atoms. The Bertz CT molecular complexity index is 1430. The van der Waals surface area contributed by atoms with Gasteiger partial charge in [-0.05, 0) is 45.6 Å². The normalized spacial score (nSPS) is 15.6. The van der Waals surface area contributed by atoms with Gasteiger partial charge in [0.15, 0.2) is 10.9 Å². The molecule has 0 aromatic carbocycles. The summed E-state index contributed by atoms with van der Waals surface area (Å²) in [6.45, 7) is 4.73. The minimum absolute atomic E-state index is 0.0902. The number of rotatable bonds is 8. The van der Waals surface area contributed by atoms with Crippen molar-refractivity contribution in [2.75, 3.05) is 18.6 Å². The van der Waals surface area contributed by atoms with Crippen LogP contribution in [0.15, 0.2) is 18.6 Å². The molecule has 11 heteroatoms. The molecule has 1 N–H and O–H groups in total. The molecule has 6 rings (SSSR count). The summed E-state index contributed by atoms with van der Waals surface area (Å²) >= 11 is 1.24. The molecule has 0 atom stereocenters. The fourth-order valence-corrected chi connectivity index (χ4v) is 5.45. The van der Waals surface area contributed by atoms with Crippen LogP contribution in [-0.4, -0.2) is 67.0 Å². The Balaban J connectivity index is 1.45. The lowest BCUT2D eigenvalue weighted by atomic mass is 10.2. The van der Waals surface area contributed by atoms with E-state index in [-0.39, 0.29) is 5.91 Å². The Morgan fingerprint density at radius 3 is 2.60 bits per heavy atom. The zero-order valence-corrected chi connectivity index (χ0v) is 20.8. The predicted molar refractivity (Wildman–Crippen MR) is 133 cm³/mol. The monoisotopic (exact) mass is 493 g/mol. The van der Waals surface area contributed by atoms with Crippen LogP contribution in [0.4, 0.5) is 10.9 Å². The van der Waals surface area contributed by atoms with Crippen LogP contribution >= 0.6 is 11.3 Å². The molecule has 2 fully saturated rings. The van der Waals surface area contributed by atoms with Crippen molar-refractivity contribution in [3.8, 4) is 0 Å². The lowest BCUT2D eigenvalue weighted by Gasteiger charge is -2.22. The molecular formula is C24H27N7O3S. The topological polar surface area (TPSA) is 109 Å². The van der Waals surface area contributed by atoms with E-state index >= 15 is 0 Å². The van der Waals surface area contributed by atoms with Gasteiger partial charge in [0.25, 0.3) is 5.91 Å². The maximum absolute atomic E-state index is 13.7. The molecule has 0 radical (unpaired) electrons. The number of anilines is 2. The fourth-order valence-electron chi connectivity index (χ4n) is 4.67. The van der Waals surface area contributed by atoms with Crippen molar-refractivity contribution < 1.29 is 14.3 Å². The maximum atomic E-state index is 13.7. The minimum atomic E-state index is -0.390. The number of fused-ring (bicyclic) bond motifs is 3. The molecule has 0 unspecified atom stereocenters. The number of pyridine rings is 1. The average Bonchev–Trinajstić information content (AvgIpc) is 3.72. The number of thiazole rings is 1. The minimum Gasteiger partial charge on any atom is -0.462 e. The van der Waals surface area contributed by atoms with Gasteiger partial charge >= 0.3 is 5.97 Å². The van der Waals surface area contributed by atoms with Gasteiger partial charge in [-0.15, -0.1) is 0 Å². The Hall–Kier alpha value is -3.47. The zero-order valence-electron chi connectivity index (χ0n) is 19.9. The number of carbonyl (C=O) groups excluding carboxylic acids is 2. The van der Waals surface area contributed by atoms with Gasteiger partial charge in [-0.2, -0.15) is 0 Å². The number of nitrogens with zero attached hydrogens (tertiary/aromatic N) is 6. The van der Waals surface area contributed by atoms with E-state index in [4.69, 9.17) is 9.72 Å². The molecule has 0 spiro atoms. The Morgan fingerprint density at radius 1 is 1.20 bits per heavy atom. The molecule has 182 valence electrons. The standard InChI is InChI=1S/C24H27N7O3S/c1-4-30-16(22(32)31(13-6-7-13)14-8-9-14)10-15-18-19(27-12-26-18)21(28-20(15)30)29(3)24-25-11-17(35-24)23(33)34-5-2/h10-14H,4-9H2,1-3H3,(H,26,27). The molecule has 0 bridgehead atoms. The van der Waals surface area contributed by atoms with E-state index in [1.807, 2.05) is 29.5 Å². The van der Waals surface area contributed by atoms with Crippen molar-refractivity contribution in [1.82, 2.24) is 29.4 Å². The van der Waals surface area contributed by atoms with Crippen LogP contribution in [0.3, 0.4) is 0 Å². The SMILES string of the molecule is CCOC(=O)c1cnc(N(C)c2nc3c(cc(C(=O)N(C4CC4)C4CC4)n3CC)c3nc[nH]c23)s1. The number of amides is 1. The van der Waals surface area contributed by atoms with Crippen LogP contribution < -0.4 is 4.90 Å². The number of hydrogen-bond acceptors (Lipinski definition) is 8. The number of H-pyrrole nitrogens is 1. The maximum Gasteiger partial charge on any atom is 0.350 e. The van der Waals surface area contributed by atoms with E-state index in [1.165, 1.54) is 17.5 Å². The number of ether oxygens (including phenoxy) is 1. The smallest absolute Gasteiger partial charge is 0.350 e. The second kappa shape index (κ2) is 8.33. The largest absolute Gasteiger partial charge is 0.462 e. The van der Waals surface area contributed by atoms with E-state index in [9.17, 15) is 9.59 Å². The van der Waals surface area contributed by atoms with Gasteiger partial charge in [-0.1, -0.05) is 11.3 Å². The van der Waals surface area contributed by atoms with E-state index in [0.29, 0.717) is 52.4 Å². The highest BCUT2D eigenvalue weighted by atomic mass is 32.1. The molecule has 2 aliphatic carbocycles. The quantitative estimate of drug-likeness (QED) is 0.368. The second-order valence-electron chi connectivity index (χ2n) is 9.03. The number of aromatic nitrogens is 5. The Morgan fingerprint density at radius 2 is 1.94 bits per heavy atom. The lowest BCUT2D eigenvalue weighted by Crippen LogP contribution is -2.36. The molecule has 2 saturated carbocycles. The third kappa shape index (κ3) is 3.65. The Kier molecular flexibility index (Phi) is 5.24. The van der Waals surface area contributed by atoms with Gasteiger partial charge in [0.1, 0.15) is 27.3 Å². The number of nitrogens with one attached hydrogen (secondary N) is 1. The summed E-state index contributed by atoms with van der Waals surface area (Å²) in [4.78, 5) is 47.4. The number of hydrogen-bond donors (Lipinski definition) is 1. The summed E-state index contributed by atoms with van der Waals surface area (Å²) in [7, 11) is 1.86. The zero-order chi connectivity index (χ0) is 24.3. The molecule has 10 nitrogen and oxygen atoms in total. The third-order valence-corrected chi connectivity index (χ3v) is 7.68. The fraction of sp³-hybridized carbons (Fsp3) is 0.458. The van der Waals surface area contributed by atoms with Crippen molar-refractivity contribution in [2.45, 2.75) is 58.2 Å². The van der Waals surface area contributed by atoms with E-state index in [2.05, 4.69) is 19.9 Å². The van der Waals surface area contributed by atoms with Crippen molar-refractivity contribution >= 4 is 56.2 Å². The lowest BCUT2D eigenvalue weighted by molar-refractivity contribution is 0.0531. The summed E-state index contributed by atoms with van der Waals surface area (Å²) in [5.41, 5.74) is 2.88. The molecule has 1 amide bonds. The highest BCUT2D eigenvalue weighted by molar-refractivity contribution is 7.17. The number of esters is 1. The van der Waals surface area contributed by atoms with Gasteiger partial charge in [0, 0.05) is 31.1 Å². The van der Waals surface area contributed by atoms with Crippen LogP contribution in [-0.2, 0) is 11.3 Å². The number of carbonyl (C=O) groups is 2. The van der Waals surface area contributed by atoms with E-state index in [1.54, 1.807) is 13.3 Å². The van der Waals surface area contributed by atoms with Crippen LogP contribution in [0, 0.1) is 0 Å². The summed E-state index contributed by atoms with van der Waals surface area (Å²) in [6.07, 6.45) is 7.52. The number of aromatic amines is 1. The molecule has 4 heterocycles. The first-order chi connectivity index (χ1) is 17.0. The van der Waals surface area contributed by atoms with Gasteiger partial charge in [0.05, 0.1) is 19.1 Å². The van der Waals surface area contributed by atoms with E-state index in [0.717, 1.165) is 42.1 Å².